The molecule has 1 atom stereocenters. The number of hydrogen-bond acceptors (Lipinski definition) is 6. The highest BCUT2D eigenvalue weighted by Gasteiger charge is 2.34. The van der Waals surface area contributed by atoms with Crippen molar-refractivity contribution < 1.29 is 19.5 Å². The van der Waals surface area contributed by atoms with E-state index in [4.69, 9.17) is 14.9 Å². The zero-order valence-corrected chi connectivity index (χ0v) is 17.3. The normalized spacial score (nSPS) is 18.1. The molecule has 0 fully saturated rings. The maximum atomic E-state index is 13.1. The van der Waals surface area contributed by atoms with Crippen LogP contribution >= 0.6 is 0 Å². The molecule has 2 aliphatic rings. The van der Waals surface area contributed by atoms with Crippen LogP contribution in [-0.4, -0.2) is 27.6 Å². The van der Waals surface area contributed by atoms with Crippen LogP contribution < -0.4 is 4.89 Å². The summed E-state index contributed by atoms with van der Waals surface area (Å²) in [6, 6.07) is 9.94. The first-order chi connectivity index (χ1) is 14.1. The Labute approximate surface area is 174 Å². The largest absolute Gasteiger partial charge is 0.337 e. The summed E-state index contributed by atoms with van der Waals surface area (Å²) in [5.74, 6) is 0.578. The third-order valence-electron chi connectivity index (χ3n) is 5.25. The van der Waals surface area contributed by atoms with E-state index in [1.54, 1.807) is 17.1 Å². The van der Waals surface area contributed by atoms with Gasteiger partial charge in [-0.2, -0.15) is 9.99 Å². The van der Waals surface area contributed by atoms with Crippen LogP contribution in [0.3, 0.4) is 0 Å². The van der Waals surface area contributed by atoms with Gasteiger partial charge >= 0.3 is 0 Å². The highest BCUT2D eigenvalue weighted by Crippen LogP contribution is 2.34. The van der Waals surface area contributed by atoms with E-state index in [1.807, 2.05) is 39.8 Å². The number of hydrogen-bond donors (Lipinski definition) is 0. The highest BCUT2D eigenvalue weighted by molar-refractivity contribution is 6.14. The van der Waals surface area contributed by atoms with E-state index in [0.717, 1.165) is 16.7 Å². The van der Waals surface area contributed by atoms with Crippen molar-refractivity contribution in [2.24, 2.45) is 10.5 Å². The number of nitro groups is 1. The molecule has 0 saturated carbocycles. The van der Waals surface area contributed by atoms with E-state index in [9.17, 15) is 14.9 Å². The molecule has 8 nitrogen and oxygen atoms in total. The summed E-state index contributed by atoms with van der Waals surface area (Å²) in [5, 5.41) is 17.4. The van der Waals surface area contributed by atoms with E-state index in [1.165, 1.54) is 12.1 Å². The summed E-state index contributed by atoms with van der Waals surface area (Å²) in [7, 11) is 0. The molecule has 30 heavy (non-hydrogen) atoms. The molecule has 2 heterocycles. The molecular formula is C22H23N3O5. The molecule has 1 amide bonds. The number of carbonyl (C=O) groups excluding carboxylic acids is 1. The lowest BCUT2D eigenvalue weighted by Gasteiger charge is -2.29. The zero-order chi connectivity index (χ0) is 21.6. The van der Waals surface area contributed by atoms with Crippen molar-refractivity contribution in [3.63, 3.8) is 0 Å². The van der Waals surface area contributed by atoms with Crippen LogP contribution in [0.2, 0.25) is 0 Å². The molecule has 2 aliphatic heterocycles. The van der Waals surface area contributed by atoms with Crippen LogP contribution in [0.1, 0.15) is 49.9 Å². The molecule has 0 spiro atoms. The van der Waals surface area contributed by atoms with Gasteiger partial charge < -0.3 is 4.89 Å². The number of amides is 1. The van der Waals surface area contributed by atoms with Gasteiger partial charge in [0, 0.05) is 34.2 Å². The smallest absolute Gasteiger partial charge is 0.269 e. The van der Waals surface area contributed by atoms with Gasteiger partial charge in [-0.3, -0.25) is 14.9 Å². The molecule has 0 aromatic heterocycles. The molecule has 0 N–H and O–H groups in total. The summed E-state index contributed by atoms with van der Waals surface area (Å²) < 4.78 is 0. The first kappa shape index (κ1) is 20.0. The van der Waals surface area contributed by atoms with Crippen molar-refractivity contribution in [1.29, 1.82) is 0 Å². The van der Waals surface area contributed by atoms with Gasteiger partial charge in [0.2, 0.25) is 5.91 Å². The monoisotopic (exact) mass is 409 g/mol. The fraction of sp³-hybridized carbons (Fsp3) is 0.364. The molecule has 0 radical (unpaired) electrons. The maximum absolute atomic E-state index is 13.1. The fourth-order valence-electron chi connectivity index (χ4n) is 3.61. The van der Waals surface area contributed by atoms with Gasteiger partial charge in [0.05, 0.1) is 16.7 Å². The Hall–Kier alpha value is -3.26. The molecule has 1 unspecified atom stereocenters. The number of nitro benzene ring substituents is 1. The second-order valence-corrected chi connectivity index (χ2v) is 8.67. The molecule has 156 valence electrons. The van der Waals surface area contributed by atoms with Gasteiger partial charge in [0.1, 0.15) is 6.61 Å². The van der Waals surface area contributed by atoms with Crippen molar-refractivity contribution in [2.75, 3.05) is 0 Å². The first-order valence-electron chi connectivity index (χ1n) is 9.78. The Morgan fingerprint density at radius 2 is 1.90 bits per heavy atom. The molecule has 2 aromatic rings. The Morgan fingerprint density at radius 1 is 1.20 bits per heavy atom. The first-order valence-corrected chi connectivity index (χ1v) is 9.78. The minimum absolute atomic E-state index is 0.0000548. The van der Waals surface area contributed by atoms with Crippen LogP contribution in [0, 0.1) is 15.5 Å². The zero-order valence-electron chi connectivity index (χ0n) is 17.3. The van der Waals surface area contributed by atoms with Crippen molar-refractivity contribution in [1.82, 2.24) is 5.01 Å². The van der Waals surface area contributed by atoms with E-state index < -0.39 is 10.3 Å². The average molecular weight is 409 g/mol. The van der Waals surface area contributed by atoms with Gasteiger partial charge in [0.15, 0.2) is 5.75 Å². The maximum Gasteiger partial charge on any atom is 0.269 e. The summed E-state index contributed by atoms with van der Waals surface area (Å²) in [4.78, 5) is 34.1. The molecule has 4 rings (SSSR count). The highest BCUT2D eigenvalue weighted by atomic mass is 17.2. The topological polar surface area (TPSA) is 94.3 Å². The Bertz CT molecular complexity index is 1050. The predicted octanol–water partition coefficient (Wildman–Crippen LogP) is 3.99. The SMILES string of the molecule is CC1Cc2cc3c(cc2C(c2ccc([N+](=O)[O-])cc2)=NN1C(=O)C(C)(C)C)COO3. The quantitative estimate of drug-likeness (QED) is 0.425. The van der Waals surface area contributed by atoms with Crippen molar-refractivity contribution >= 4 is 17.3 Å². The molecule has 8 heteroatoms. The minimum Gasteiger partial charge on any atom is -0.337 e. The number of nitrogens with zero attached hydrogens (tertiary/aromatic N) is 3. The second-order valence-electron chi connectivity index (χ2n) is 8.67. The van der Waals surface area contributed by atoms with E-state index >= 15 is 0 Å². The standard InChI is InChI=1S/C22H23N3O5/c1-13-9-15-11-19-16(12-29-30-19)10-18(15)20(23-24(13)21(26)22(2,3)4)14-5-7-17(8-6-14)25(27)28/h5-8,10-11,13H,9,12H2,1-4H3. The molecular weight excluding hydrogens is 386 g/mol. The lowest BCUT2D eigenvalue weighted by molar-refractivity contribution is -0.384. The number of non-ortho nitro benzene ring substituents is 1. The van der Waals surface area contributed by atoms with E-state index in [2.05, 4.69) is 0 Å². The Kier molecular flexibility index (Phi) is 4.82. The number of benzene rings is 2. The summed E-state index contributed by atoms with van der Waals surface area (Å²) in [6.45, 7) is 7.87. The summed E-state index contributed by atoms with van der Waals surface area (Å²) >= 11 is 0. The van der Waals surface area contributed by atoms with Crippen LogP contribution in [0.25, 0.3) is 0 Å². The van der Waals surface area contributed by atoms with Crippen molar-refractivity contribution in [3.05, 3.63) is 68.8 Å². The average Bonchev–Trinajstić information content (AvgIpc) is 3.09. The van der Waals surface area contributed by atoms with Crippen LogP contribution in [-0.2, 0) is 22.7 Å². The number of rotatable bonds is 2. The van der Waals surface area contributed by atoms with Gasteiger partial charge in [-0.1, -0.05) is 20.8 Å². The molecule has 0 bridgehead atoms. The van der Waals surface area contributed by atoms with Gasteiger partial charge in [-0.25, -0.2) is 5.01 Å². The third kappa shape index (κ3) is 3.54. The van der Waals surface area contributed by atoms with Crippen LogP contribution in [0.15, 0.2) is 41.5 Å². The molecule has 0 aliphatic carbocycles. The summed E-state index contributed by atoms with van der Waals surface area (Å²) in [6.07, 6.45) is 0.591. The van der Waals surface area contributed by atoms with Crippen molar-refractivity contribution in [2.45, 2.75) is 46.8 Å². The van der Waals surface area contributed by atoms with Crippen LogP contribution in [0.5, 0.6) is 5.75 Å². The van der Waals surface area contributed by atoms with Gasteiger partial charge in [-0.15, -0.1) is 0 Å². The van der Waals surface area contributed by atoms with Gasteiger partial charge in [0.25, 0.3) is 5.69 Å². The van der Waals surface area contributed by atoms with Crippen molar-refractivity contribution in [3.8, 4) is 5.75 Å². The Morgan fingerprint density at radius 3 is 2.53 bits per heavy atom. The van der Waals surface area contributed by atoms with E-state index in [-0.39, 0.29) is 17.6 Å². The number of fused-ring (bicyclic) bond motifs is 2. The molecule has 0 saturated heterocycles. The second kappa shape index (κ2) is 7.21. The summed E-state index contributed by atoms with van der Waals surface area (Å²) in [5.41, 5.74) is 3.43. The Balaban J connectivity index is 1.89. The molecule has 2 aromatic carbocycles. The predicted molar refractivity (Wildman–Crippen MR) is 110 cm³/mol. The lowest BCUT2D eigenvalue weighted by Crippen LogP contribution is -2.42. The number of hydrazone groups is 1. The van der Waals surface area contributed by atoms with Crippen LogP contribution in [0.4, 0.5) is 5.69 Å². The lowest BCUT2D eigenvalue weighted by atomic mass is 9.92. The van der Waals surface area contributed by atoms with E-state index in [0.29, 0.717) is 30.1 Å². The number of carbonyl (C=O) groups is 1. The van der Waals surface area contributed by atoms with Gasteiger partial charge in [-0.05, 0) is 43.2 Å². The third-order valence-corrected chi connectivity index (χ3v) is 5.25. The fourth-order valence-corrected chi connectivity index (χ4v) is 3.61. The minimum atomic E-state index is -0.604.